The van der Waals surface area contributed by atoms with E-state index in [1.54, 1.807) is 28.6 Å². The Kier molecular flexibility index (Phi) is 5.10. The highest BCUT2D eigenvalue weighted by Crippen LogP contribution is 2.27. The molecule has 0 saturated carbocycles. The number of aryl methyl sites for hydroxylation is 1. The molecule has 3 nitrogen and oxygen atoms in total. The van der Waals surface area contributed by atoms with Crippen LogP contribution in [-0.4, -0.2) is 10.3 Å². The SMILES string of the molecule is Nc1ccc(=O)n(CCCSc2ccccc2Br)c1. The molecule has 0 amide bonds. The van der Waals surface area contributed by atoms with Crippen molar-refractivity contribution in [2.24, 2.45) is 0 Å². The Labute approximate surface area is 125 Å². The van der Waals surface area contributed by atoms with Crippen LogP contribution in [0.25, 0.3) is 0 Å². The lowest BCUT2D eigenvalue weighted by Gasteiger charge is -2.07. The van der Waals surface area contributed by atoms with Crippen LogP contribution in [0.5, 0.6) is 0 Å². The van der Waals surface area contributed by atoms with Gasteiger partial charge in [-0.15, -0.1) is 11.8 Å². The Hall–Kier alpha value is -1.20. The Morgan fingerprint density at radius 3 is 2.79 bits per heavy atom. The Morgan fingerprint density at radius 1 is 1.21 bits per heavy atom. The monoisotopic (exact) mass is 338 g/mol. The van der Waals surface area contributed by atoms with Gasteiger partial charge < -0.3 is 10.3 Å². The molecule has 0 unspecified atom stereocenters. The zero-order valence-electron chi connectivity index (χ0n) is 10.4. The molecule has 0 spiro atoms. The van der Waals surface area contributed by atoms with Crippen LogP contribution in [0.1, 0.15) is 6.42 Å². The normalized spacial score (nSPS) is 10.6. The summed E-state index contributed by atoms with van der Waals surface area (Å²) in [7, 11) is 0. The minimum atomic E-state index is 0.0000849. The minimum Gasteiger partial charge on any atom is -0.398 e. The smallest absolute Gasteiger partial charge is 0.250 e. The van der Waals surface area contributed by atoms with Crippen molar-refractivity contribution in [3.05, 3.63) is 57.4 Å². The molecule has 2 aromatic rings. The molecule has 100 valence electrons. The fourth-order valence-electron chi connectivity index (χ4n) is 1.70. The average Bonchev–Trinajstić information content (AvgIpc) is 2.40. The number of thioether (sulfide) groups is 1. The maximum absolute atomic E-state index is 11.6. The van der Waals surface area contributed by atoms with E-state index in [9.17, 15) is 4.79 Å². The van der Waals surface area contributed by atoms with Crippen molar-refractivity contribution in [1.82, 2.24) is 4.57 Å². The van der Waals surface area contributed by atoms with Crippen LogP contribution < -0.4 is 11.3 Å². The number of rotatable bonds is 5. The summed E-state index contributed by atoms with van der Waals surface area (Å²) in [6.45, 7) is 0.696. The molecule has 0 fully saturated rings. The summed E-state index contributed by atoms with van der Waals surface area (Å²) in [6, 6.07) is 11.3. The zero-order valence-corrected chi connectivity index (χ0v) is 12.8. The maximum Gasteiger partial charge on any atom is 0.250 e. The second kappa shape index (κ2) is 6.82. The highest BCUT2D eigenvalue weighted by atomic mass is 79.9. The van der Waals surface area contributed by atoms with E-state index in [1.807, 2.05) is 18.2 Å². The quantitative estimate of drug-likeness (QED) is 0.671. The van der Waals surface area contributed by atoms with Crippen molar-refractivity contribution in [2.45, 2.75) is 17.9 Å². The molecule has 2 N–H and O–H groups in total. The number of pyridine rings is 1. The van der Waals surface area contributed by atoms with Gasteiger partial charge in [-0.2, -0.15) is 0 Å². The van der Waals surface area contributed by atoms with Crippen LogP contribution in [0.4, 0.5) is 5.69 Å². The van der Waals surface area contributed by atoms with Crippen LogP contribution in [0.15, 0.2) is 56.8 Å². The summed E-state index contributed by atoms with van der Waals surface area (Å²) < 4.78 is 2.77. The summed E-state index contributed by atoms with van der Waals surface area (Å²) in [6.07, 6.45) is 2.63. The molecule has 0 aliphatic rings. The van der Waals surface area contributed by atoms with Gasteiger partial charge in [-0.25, -0.2) is 0 Å². The molecule has 0 aliphatic heterocycles. The highest BCUT2D eigenvalue weighted by molar-refractivity contribution is 9.10. The minimum absolute atomic E-state index is 0.0000849. The van der Waals surface area contributed by atoms with Crippen molar-refractivity contribution in [3.63, 3.8) is 0 Å². The summed E-state index contributed by atoms with van der Waals surface area (Å²) in [4.78, 5) is 12.8. The molecule has 0 aliphatic carbocycles. The number of halogens is 1. The third-order valence-electron chi connectivity index (χ3n) is 2.64. The lowest BCUT2D eigenvalue weighted by Crippen LogP contribution is -2.19. The molecule has 19 heavy (non-hydrogen) atoms. The molecule has 0 atom stereocenters. The van der Waals surface area contributed by atoms with Crippen molar-refractivity contribution >= 4 is 33.4 Å². The predicted octanol–water partition coefficient (Wildman–Crippen LogP) is 3.38. The molecule has 2 rings (SSSR count). The second-order valence-electron chi connectivity index (χ2n) is 4.13. The van der Waals surface area contributed by atoms with Gasteiger partial charge in [0.15, 0.2) is 0 Å². The van der Waals surface area contributed by atoms with E-state index in [0.717, 1.165) is 16.6 Å². The van der Waals surface area contributed by atoms with Crippen molar-refractivity contribution in [3.8, 4) is 0 Å². The van der Waals surface area contributed by atoms with Gasteiger partial charge in [0.2, 0.25) is 0 Å². The molecule has 5 heteroatoms. The summed E-state index contributed by atoms with van der Waals surface area (Å²) in [5.41, 5.74) is 6.29. The molecule has 1 heterocycles. The number of aromatic nitrogens is 1. The number of nitrogens with zero attached hydrogens (tertiary/aromatic N) is 1. The van der Waals surface area contributed by atoms with Crippen LogP contribution in [-0.2, 0) is 6.54 Å². The summed E-state index contributed by atoms with van der Waals surface area (Å²) in [5, 5.41) is 0. The van der Waals surface area contributed by atoms with E-state index >= 15 is 0 Å². The van der Waals surface area contributed by atoms with E-state index in [2.05, 4.69) is 22.0 Å². The van der Waals surface area contributed by atoms with Crippen LogP contribution >= 0.6 is 27.7 Å². The number of nitrogen functional groups attached to an aromatic ring is 1. The number of hydrogen-bond donors (Lipinski definition) is 1. The van der Waals surface area contributed by atoms with Crippen LogP contribution in [0, 0.1) is 0 Å². The van der Waals surface area contributed by atoms with Crippen molar-refractivity contribution in [1.29, 1.82) is 0 Å². The van der Waals surface area contributed by atoms with Crippen molar-refractivity contribution < 1.29 is 0 Å². The van der Waals surface area contributed by atoms with Gasteiger partial charge in [0, 0.05) is 33.9 Å². The largest absolute Gasteiger partial charge is 0.398 e. The first-order valence-corrected chi connectivity index (χ1v) is 7.78. The van der Waals surface area contributed by atoms with E-state index in [4.69, 9.17) is 5.73 Å². The number of nitrogens with two attached hydrogens (primary N) is 1. The standard InChI is InChI=1S/C14H15BrN2OS/c15-12-4-1-2-5-13(12)19-9-3-8-17-10-11(16)6-7-14(17)18/h1-2,4-7,10H,3,8-9,16H2. The molecule has 1 aromatic heterocycles. The maximum atomic E-state index is 11.6. The molecule has 1 aromatic carbocycles. The third-order valence-corrected chi connectivity index (χ3v) is 4.76. The van der Waals surface area contributed by atoms with Gasteiger partial charge in [-0.1, -0.05) is 12.1 Å². The van der Waals surface area contributed by atoms with E-state index in [0.29, 0.717) is 12.2 Å². The first-order chi connectivity index (χ1) is 9.16. The average molecular weight is 339 g/mol. The number of benzene rings is 1. The predicted molar refractivity (Wildman–Crippen MR) is 84.6 cm³/mol. The molecular formula is C14H15BrN2OS. The van der Waals surface area contributed by atoms with Gasteiger partial charge in [0.1, 0.15) is 0 Å². The van der Waals surface area contributed by atoms with Crippen molar-refractivity contribution in [2.75, 3.05) is 11.5 Å². The number of hydrogen-bond acceptors (Lipinski definition) is 3. The summed E-state index contributed by atoms with van der Waals surface area (Å²) >= 11 is 5.30. The number of anilines is 1. The summed E-state index contributed by atoms with van der Waals surface area (Å²) in [5.74, 6) is 0.962. The fourth-order valence-corrected chi connectivity index (χ4v) is 3.21. The van der Waals surface area contributed by atoms with Gasteiger partial charge >= 0.3 is 0 Å². The topological polar surface area (TPSA) is 48.0 Å². The van der Waals surface area contributed by atoms with Crippen LogP contribution in [0.2, 0.25) is 0 Å². The Bertz CT molecular complexity index is 612. The van der Waals surface area contributed by atoms with Gasteiger partial charge in [0.25, 0.3) is 5.56 Å². The van der Waals surface area contributed by atoms with Gasteiger partial charge in [-0.3, -0.25) is 4.79 Å². The van der Waals surface area contributed by atoms with E-state index in [1.165, 1.54) is 11.0 Å². The molecule has 0 bridgehead atoms. The Morgan fingerprint density at radius 2 is 2.00 bits per heavy atom. The van der Waals surface area contributed by atoms with Gasteiger partial charge in [0.05, 0.1) is 0 Å². The first kappa shape index (κ1) is 14.2. The highest BCUT2D eigenvalue weighted by Gasteiger charge is 2.00. The molecular weight excluding hydrogens is 324 g/mol. The lowest BCUT2D eigenvalue weighted by atomic mass is 10.4. The zero-order chi connectivity index (χ0) is 13.7. The third kappa shape index (κ3) is 4.14. The second-order valence-corrected chi connectivity index (χ2v) is 6.12. The van der Waals surface area contributed by atoms with E-state index < -0.39 is 0 Å². The fraction of sp³-hybridized carbons (Fsp3) is 0.214. The molecule has 0 saturated heterocycles. The van der Waals surface area contributed by atoms with Crippen LogP contribution in [0.3, 0.4) is 0 Å². The van der Waals surface area contributed by atoms with Gasteiger partial charge in [-0.05, 0) is 46.3 Å². The first-order valence-electron chi connectivity index (χ1n) is 6.00. The molecule has 0 radical (unpaired) electrons. The lowest BCUT2D eigenvalue weighted by molar-refractivity contribution is 0.660. The Balaban J connectivity index is 1.86. The van der Waals surface area contributed by atoms with E-state index in [-0.39, 0.29) is 5.56 Å².